The number of hydrogen-bond donors (Lipinski definition) is 3. The minimum Gasteiger partial charge on any atom is -0.382 e. The third-order valence-corrected chi connectivity index (χ3v) is 3.14. The van der Waals surface area contributed by atoms with E-state index in [-0.39, 0.29) is 0 Å². The van der Waals surface area contributed by atoms with E-state index in [1.807, 2.05) is 0 Å². The largest absolute Gasteiger partial charge is 0.382 e. The third kappa shape index (κ3) is 2.45. The van der Waals surface area contributed by atoms with Gasteiger partial charge in [-0.05, 0) is 37.5 Å². The molecule has 0 aromatic carbocycles. The van der Waals surface area contributed by atoms with Crippen LogP contribution >= 0.6 is 0 Å². The molecule has 1 unspecified atom stereocenters. The molecule has 2 rings (SSSR count). The molecule has 1 atom stereocenters. The van der Waals surface area contributed by atoms with Crippen molar-refractivity contribution < 1.29 is 9.90 Å². The van der Waals surface area contributed by atoms with Gasteiger partial charge in [0.2, 0.25) is 5.91 Å². The quantitative estimate of drug-likeness (QED) is 0.544. The molecule has 0 aliphatic heterocycles. The van der Waals surface area contributed by atoms with Crippen molar-refractivity contribution in [3.63, 3.8) is 0 Å². The van der Waals surface area contributed by atoms with Gasteiger partial charge >= 0.3 is 0 Å². The van der Waals surface area contributed by atoms with Crippen molar-refractivity contribution >= 4 is 5.91 Å². The summed E-state index contributed by atoms with van der Waals surface area (Å²) in [5.41, 5.74) is 4.98. The van der Waals surface area contributed by atoms with Gasteiger partial charge in [0.1, 0.15) is 6.10 Å². The van der Waals surface area contributed by atoms with Crippen molar-refractivity contribution in [3.8, 4) is 0 Å². The van der Waals surface area contributed by atoms with Crippen molar-refractivity contribution in [1.29, 1.82) is 0 Å². The van der Waals surface area contributed by atoms with E-state index < -0.39 is 12.0 Å². The average Bonchev–Trinajstić information content (AvgIpc) is 2.99. The molecule has 4 nitrogen and oxygen atoms in total. The maximum Gasteiger partial charge on any atom is 0.247 e. The summed E-state index contributed by atoms with van der Waals surface area (Å²) in [6.07, 6.45) is 4.14. The summed E-state index contributed by atoms with van der Waals surface area (Å²) >= 11 is 0. The number of aliphatic hydroxyl groups excluding tert-OH is 1. The summed E-state index contributed by atoms with van der Waals surface area (Å²) in [4.78, 5) is 10.6. The van der Waals surface area contributed by atoms with Gasteiger partial charge in [-0.25, -0.2) is 0 Å². The van der Waals surface area contributed by atoms with E-state index in [1.54, 1.807) is 0 Å². The molecule has 0 radical (unpaired) electrons. The Labute approximate surface area is 83.9 Å². The fourth-order valence-electron chi connectivity index (χ4n) is 1.98. The fraction of sp³-hybridized carbons (Fsp3) is 0.900. The Hall–Kier alpha value is -0.610. The van der Waals surface area contributed by atoms with Crippen LogP contribution in [0.4, 0.5) is 0 Å². The van der Waals surface area contributed by atoms with E-state index in [9.17, 15) is 9.90 Å². The van der Waals surface area contributed by atoms with Gasteiger partial charge in [-0.1, -0.05) is 0 Å². The number of aliphatic hydroxyl groups is 1. The van der Waals surface area contributed by atoms with Crippen molar-refractivity contribution in [2.45, 2.75) is 37.8 Å². The molecule has 2 saturated carbocycles. The number of nitrogens with two attached hydrogens (primary N) is 1. The Morgan fingerprint density at radius 1 is 1.36 bits per heavy atom. The molecule has 80 valence electrons. The van der Waals surface area contributed by atoms with Gasteiger partial charge in [-0.15, -0.1) is 0 Å². The zero-order valence-corrected chi connectivity index (χ0v) is 8.28. The Morgan fingerprint density at radius 2 is 1.86 bits per heavy atom. The van der Waals surface area contributed by atoms with Crippen molar-refractivity contribution in [2.24, 2.45) is 17.6 Å². The molecule has 0 aromatic heterocycles. The first-order valence-electron chi connectivity index (χ1n) is 5.39. The van der Waals surface area contributed by atoms with Gasteiger partial charge in [0.15, 0.2) is 0 Å². The van der Waals surface area contributed by atoms with Crippen molar-refractivity contribution in [1.82, 2.24) is 5.32 Å². The smallest absolute Gasteiger partial charge is 0.247 e. The standard InChI is InChI=1S/C10H18N2O2/c11-10(14)8(13)5-12-9(6-1-2-6)7-3-4-7/h6-9,12-13H,1-5H2,(H2,11,14). The van der Waals surface area contributed by atoms with Crippen LogP contribution in [-0.4, -0.2) is 29.7 Å². The average molecular weight is 198 g/mol. The predicted molar refractivity (Wildman–Crippen MR) is 52.4 cm³/mol. The molecule has 0 spiro atoms. The minimum atomic E-state index is -1.03. The summed E-state index contributed by atoms with van der Waals surface area (Å²) in [5, 5.41) is 12.5. The molecule has 0 bridgehead atoms. The van der Waals surface area contributed by atoms with Crippen LogP contribution < -0.4 is 11.1 Å². The molecular formula is C10H18N2O2. The second-order valence-corrected chi connectivity index (χ2v) is 4.53. The van der Waals surface area contributed by atoms with E-state index in [0.717, 1.165) is 11.8 Å². The summed E-state index contributed by atoms with van der Waals surface area (Å²) in [5.74, 6) is 0.924. The van der Waals surface area contributed by atoms with E-state index in [1.165, 1.54) is 25.7 Å². The number of nitrogens with one attached hydrogen (secondary N) is 1. The highest BCUT2D eigenvalue weighted by atomic mass is 16.3. The van der Waals surface area contributed by atoms with E-state index in [4.69, 9.17) is 5.73 Å². The number of carbonyl (C=O) groups excluding carboxylic acids is 1. The Kier molecular flexibility index (Phi) is 2.74. The van der Waals surface area contributed by atoms with Crippen LogP contribution in [0.2, 0.25) is 0 Å². The molecule has 2 aliphatic carbocycles. The third-order valence-electron chi connectivity index (χ3n) is 3.14. The normalized spacial score (nSPS) is 23.9. The minimum absolute atomic E-state index is 0.313. The highest BCUT2D eigenvalue weighted by Crippen LogP contribution is 2.44. The SMILES string of the molecule is NC(=O)C(O)CNC(C1CC1)C1CC1. The zero-order valence-electron chi connectivity index (χ0n) is 8.28. The molecule has 1 amide bonds. The second-order valence-electron chi connectivity index (χ2n) is 4.53. The predicted octanol–water partition coefficient (Wildman–Crippen LogP) is -0.389. The van der Waals surface area contributed by atoms with E-state index >= 15 is 0 Å². The molecule has 0 saturated heterocycles. The lowest BCUT2D eigenvalue weighted by atomic mass is 10.1. The monoisotopic (exact) mass is 198 g/mol. The van der Waals surface area contributed by atoms with Crippen LogP contribution in [0.15, 0.2) is 0 Å². The molecule has 2 fully saturated rings. The lowest BCUT2D eigenvalue weighted by molar-refractivity contribution is -0.125. The number of carbonyl (C=O) groups is 1. The fourth-order valence-corrected chi connectivity index (χ4v) is 1.98. The zero-order chi connectivity index (χ0) is 10.1. The Morgan fingerprint density at radius 3 is 2.21 bits per heavy atom. The topological polar surface area (TPSA) is 75.4 Å². The molecular weight excluding hydrogens is 180 g/mol. The van der Waals surface area contributed by atoms with Gasteiger partial charge in [-0.2, -0.15) is 0 Å². The first-order chi connectivity index (χ1) is 6.68. The maximum absolute atomic E-state index is 10.6. The maximum atomic E-state index is 10.6. The second kappa shape index (κ2) is 3.87. The van der Waals surface area contributed by atoms with Crippen LogP contribution in [0.25, 0.3) is 0 Å². The Bertz CT molecular complexity index is 212. The summed E-state index contributed by atoms with van der Waals surface area (Å²) < 4.78 is 0. The first kappa shape index (κ1) is 9.93. The van der Waals surface area contributed by atoms with Crippen molar-refractivity contribution in [2.75, 3.05) is 6.54 Å². The summed E-state index contributed by atoms with van der Waals surface area (Å²) in [6, 6.07) is 0.518. The highest BCUT2D eigenvalue weighted by Gasteiger charge is 2.41. The number of rotatable bonds is 6. The molecule has 4 heteroatoms. The van der Waals surface area contributed by atoms with Crippen molar-refractivity contribution in [3.05, 3.63) is 0 Å². The molecule has 2 aliphatic rings. The van der Waals surface area contributed by atoms with Gasteiger partial charge in [0, 0.05) is 12.6 Å². The van der Waals surface area contributed by atoms with Gasteiger partial charge < -0.3 is 16.2 Å². The van der Waals surface area contributed by atoms with Gasteiger partial charge in [0.05, 0.1) is 0 Å². The number of primary amides is 1. The summed E-state index contributed by atoms with van der Waals surface area (Å²) in [7, 11) is 0. The molecule has 4 N–H and O–H groups in total. The van der Waals surface area contributed by atoms with Crippen LogP contribution in [0.5, 0.6) is 0 Å². The van der Waals surface area contributed by atoms with Crippen LogP contribution in [0.3, 0.4) is 0 Å². The lowest BCUT2D eigenvalue weighted by Crippen LogP contribution is -2.43. The Balaban J connectivity index is 1.73. The molecule has 0 heterocycles. The van der Waals surface area contributed by atoms with Gasteiger partial charge in [0.25, 0.3) is 0 Å². The lowest BCUT2D eigenvalue weighted by Gasteiger charge is -2.18. The van der Waals surface area contributed by atoms with E-state index in [0.29, 0.717) is 12.6 Å². The summed E-state index contributed by atoms with van der Waals surface area (Å²) in [6.45, 7) is 0.313. The number of amides is 1. The first-order valence-corrected chi connectivity index (χ1v) is 5.39. The van der Waals surface area contributed by atoms with Gasteiger partial charge in [-0.3, -0.25) is 4.79 Å². The number of hydrogen-bond acceptors (Lipinski definition) is 3. The highest BCUT2D eigenvalue weighted by molar-refractivity contribution is 5.78. The molecule has 14 heavy (non-hydrogen) atoms. The van der Waals surface area contributed by atoms with E-state index in [2.05, 4.69) is 5.32 Å². The molecule has 0 aromatic rings. The van der Waals surface area contributed by atoms with Crippen LogP contribution in [0, 0.1) is 11.8 Å². The van der Waals surface area contributed by atoms with Crippen LogP contribution in [-0.2, 0) is 4.79 Å². The van der Waals surface area contributed by atoms with Crippen LogP contribution in [0.1, 0.15) is 25.7 Å².